The molecule has 0 saturated carbocycles. The Morgan fingerprint density at radius 2 is 0.909 bits per heavy atom. The Labute approximate surface area is 210 Å². The summed E-state index contributed by atoms with van der Waals surface area (Å²) in [6.45, 7) is 0. The number of phenols is 2. The van der Waals surface area contributed by atoms with E-state index in [1.165, 1.54) is 22.3 Å². The monoisotopic (exact) mass is 566 g/mol. The smallest absolute Gasteiger partial charge is 0.129 e. The third kappa shape index (κ3) is 6.62. The summed E-state index contributed by atoms with van der Waals surface area (Å²) in [7, 11) is 0. The molecule has 4 rings (SSSR count). The molecule has 0 spiro atoms. The van der Waals surface area contributed by atoms with Gasteiger partial charge in [0, 0.05) is 0 Å². The highest BCUT2D eigenvalue weighted by atomic mass is 79.9. The molecule has 0 unspecified atom stereocenters. The molecule has 0 radical (unpaired) electrons. The number of aryl methyl sites for hydroxylation is 4. The van der Waals surface area contributed by atoms with E-state index in [1.54, 1.807) is 12.1 Å². The van der Waals surface area contributed by atoms with Crippen LogP contribution in [0, 0.1) is 0 Å². The van der Waals surface area contributed by atoms with E-state index in [2.05, 4.69) is 56.1 Å². The summed E-state index contributed by atoms with van der Waals surface area (Å²) in [6.07, 6.45) is 3.53. The van der Waals surface area contributed by atoms with Gasteiger partial charge in [-0.15, -0.1) is 0 Å². The second kappa shape index (κ2) is 10.9. The van der Waals surface area contributed by atoms with Crippen LogP contribution in [0.25, 0.3) is 0 Å². The van der Waals surface area contributed by atoms with Gasteiger partial charge in [-0.25, -0.2) is 0 Å². The van der Waals surface area contributed by atoms with Gasteiger partial charge in [0.2, 0.25) is 0 Å². The molecule has 0 bridgehead atoms. The number of rotatable bonds is 8. The summed E-state index contributed by atoms with van der Waals surface area (Å²) in [4.78, 5) is 0. The fraction of sp³-hybridized carbons (Fsp3) is 0.143. The number of hydrogen-bond acceptors (Lipinski definition) is 3. The van der Waals surface area contributed by atoms with E-state index in [0.29, 0.717) is 0 Å². The largest absolute Gasteiger partial charge is 0.507 e. The van der Waals surface area contributed by atoms with Crippen molar-refractivity contribution in [3.63, 3.8) is 0 Å². The quantitative estimate of drug-likeness (QED) is 0.227. The average molecular weight is 568 g/mol. The number of aromatic hydroxyl groups is 2. The number of benzene rings is 4. The zero-order chi connectivity index (χ0) is 23.2. The molecule has 0 aromatic heterocycles. The van der Waals surface area contributed by atoms with Crippen LogP contribution in [-0.2, 0) is 25.7 Å². The number of phenolic OH excluding ortho intramolecular Hbond substituents is 2. The van der Waals surface area contributed by atoms with Crippen LogP contribution in [0.2, 0.25) is 0 Å². The van der Waals surface area contributed by atoms with Crippen LogP contribution in [0.3, 0.4) is 0 Å². The molecule has 0 saturated heterocycles. The van der Waals surface area contributed by atoms with Gasteiger partial charge >= 0.3 is 0 Å². The first kappa shape index (κ1) is 23.4. The van der Waals surface area contributed by atoms with Crippen LogP contribution >= 0.6 is 31.9 Å². The first-order chi connectivity index (χ1) is 16.0. The molecule has 0 heterocycles. The minimum absolute atomic E-state index is 0.257. The van der Waals surface area contributed by atoms with Crippen LogP contribution in [-0.4, -0.2) is 10.2 Å². The van der Waals surface area contributed by atoms with Crippen molar-refractivity contribution in [3.05, 3.63) is 116 Å². The number of ether oxygens (including phenoxy) is 1. The zero-order valence-corrected chi connectivity index (χ0v) is 21.1. The minimum Gasteiger partial charge on any atom is -0.507 e. The molecule has 0 aliphatic rings. The summed E-state index contributed by atoms with van der Waals surface area (Å²) in [5.74, 6) is 2.15. The molecule has 0 atom stereocenters. The average Bonchev–Trinajstić information content (AvgIpc) is 2.81. The molecule has 2 N–H and O–H groups in total. The van der Waals surface area contributed by atoms with Crippen molar-refractivity contribution >= 4 is 31.9 Å². The maximum atomic E-state index is 9.66. The van der Waals surface area contributed by atoms with Gasteiger partial charge < -0.3 is 14.9 Å². The van der Waals surface area contributed by atoms with Crippen molar-refractivity contribution in [1.82, 2.24) is 0 Å². The Bertz CT molecular complexity index is 1160. The van der Waals surface area contributed by atoms with Gasteiger partial charge in [-0.3, -0.25) is 0 Å². The molecule has 0 amide bonds. The van der Waals surface area contributed by atoms with Crippen molar-refractivity contribution < 1.29 is 14.9 Å². The van der Waals surface area contributed by atoms with E-state index in [-0.39, 0.29) is 11.5 Å². The molecular formula is C28H24Br2O3. The Balaban J connectivity index is 1.37. The van der Waals surface area contributed by atoms with Gasteiger partial charge in [0.1, 0.15) is 23.0 Å². The summed E-state index contributed by atoms with van der Waals surface area (Å²) in [6, 6.07) is 27.6. The maximum absolute atomic E-state index is 9.66. The molecule has 168 valence electrons. The minimum atomic E-state index is 0.257. The van der Waals surface area contributed by atoms with Crippen LogP contribution < -0.4 is 4.74 Å². The molecule has 0 aliphatic heterocycles. The van der Waals surface area contributed by atoms with Gasteiger partial charge in [-0.2, -0.15) is 0 Å². The first-order valence-corrected chi connectivity index (χ1v) is 12.4. The molecule has 0 fully saturated rings. The summed E-state index contributed by atoms with van der Waals surface area (Å²) in [5.41, 5.74) is 4.73. The molecule has 0 aliphatic carbocycles. The van der Waals surface area contributed by atoms with E-state index < -0.39 is 0 Å². The highest BCUT2D eigenvalue weighted by Crippen LogP contribution is 2.28. The molecule has 33 heavy (non-hydrogen) atoms. The fourth-order valence-electron chi connectivity index (χ4n) is 3.65. The third-order valence-corrected chi connectivity index (χ3v) is 6.73. The second-order valence-corrected chi connectivity index (χ2v) is 9.68. The van der Waals surface area contributed by atoms with Crippen molar-refractivity contribution in [2.24, 2.45) is 0 Å². The van der Waals surface area contributed by atoms with E-state index in [0.717, 1.165) is 46.1 Å². The molecule has 5 heteroatoms. The van der Waals surface area contributed by atoms with E-state index in [9.17, 15) is 10.2 Å². The Hall–Kier alpha value is -2.76. The predicted molar refractivity (Wildman–Crippen MR) is 139 cm³/mol. The lowest BCUT2D eigenvalue weighted by Gasteiger charge is -2.10. The van der Waals surface area contributed by atoms with Gasteiger partial charge in [0.05, 0.1) is 8.95 Å². The van der Waals surface area contributed by atoms with Crippen molar-refractivity contribution in [2.45, 2.75) is 25.7 Å². The van der Waals surface area contributed by atoms with Gasteiger partial charge in [-0.1, -0.05) is 36.4 Å². The molecule has 4 aromatic rings. The molecule has 3 nitrogen and oxygen atoms in total. The number of halogens is 2. The van der Waals surface area contributed by atoms with Crippen molar-refractivity contribution in [1.29, 1.82) is 0 Å². The van der Waals surface area contributed by atoms with Crippen LogP contribution in [0.5, 0.6) is 23.0 Å². The standard InChI is InChI=1S/C28H24Br2O3/c29-25-17-21(11-13-27(25)31)9-7-19-3-1-5-23(15-19)33-24-6-2-4-20(16-24)8-10-22-12-14-28(32)26(30)18-22/h1-6,11-18,31-32H,7-10H2. The zero-order valence-electron chi connectivity index (χ0n) is 18.0. The second-order valence-electron chi connectivity index (χ2n) is 7.97. The number of hydrogen-bond donors (Lipinski definition) is 2. The fourth-order valence-corrected chi connectivity index (χ4v) is 4.51. The SMILES string of the molecule is Oc1ccc(CCc2cccc(Oc3cccc(CCc4ccc(O)c(Br)c4)c3)c2)cc1Br. The van der Waals surface area contributed by atoms with Crippen molar-refractivity contribution in [3.8, 4) is 23.0 Å². The normalized spacial score (nSPS) is 10.8. The van der Waals surface area contributed by atoms with Crippen LogP contribution in [0.15, 0.2) is 93.9 Å². The van der Waals surface area contributed by atoms with Gasteiger partial charge in [0.25, 0.3) is 0 Å². The lowest BCUT2D eigenvalue weighted by molar-refractivity contribution is 0.471. The summed E-state index contributed by atoms with van der Waals surface area (Å²) >= 11 is 6.75. The van der Waals surface area contributed by atoms with E-state index >= 15 is 0 Å². The van der Waals surface area contributed by atoms with Crippen molar-refractivity contribution in [2.75, 3.05) is 0 Å². The predicted octanol–water partition coefficient (Wildman–Crippen LogP) is 7.99. The third-order valence-electron chi connectivity index (χ3n) is 5.46. The van der Waals surface area contributed by atoms with Crippen LogP contribution in [0.4, 0.5) is 0 Å². The van der Waals surface area contributed by atoms with Crippen LogP contribution in [0.1, 0.15) is 22.3 Å². The Morgan fingerprint density at radius 3 is 1.30 bits per heavy atom. The highest BCUT2D eigenvalue weighted by Gasteiger charge is 2.05. The Kier molecular flexibility index (Phi) is 7.73. The maximum Gasteiger partial charge on any atom is 0.129 e. The summed E-state index contributed by atoms with van der Waals surface area (Å²) < 4.78 is 7.59. The molecule has 4 aromatic carbocycles. The van der Waals surface area contributed by atoms with Gasteiger partial charge in [0.15, 0.2) is 0 Å². The van der Waals surface area contributed by atoms with Gasteiger partial charge in [-0.05, 0) is 128 Å². The van der Waals surface area contributed by atoms with E-state index in [4.69, 9.17) is 4.74 Å². The first-order valence-electron chi connectivity index (χ1n) is 10.8. The highest BCUT2D eigenvalue weighted by molar-refractivity contribution is 9.10. The molecular weight excluding hydrogens is 544 g/mol. The Morgan fingerprint density at radius 1 is 0.515 bits per heavy atom. The summed E-state index contributed by atoms with van der Waals surface area (Å²) in [5, 5.41) is 19.3. The topological polar surface area (TPSA) is 49.7 Å². The van der Waals surface area contributed by atoms with E-state index in [1.807, 2.05) is 48.5 Å². The lowest BCUT2D eigenvalue weighted by atomic mass is 10.0. The lowest BCUT2D eigenvalue weighted by Crippen LogP contribution is -1.94.